The van der Waals surface area contributed by atoms with Crippen LogP contribution in [-0.4, -0.2) is 33.1 Å². The predicted molar refractivity (Wildman–Crippen MR) is 181 cm³/mol. The van der Waals surface area contributed by atoms with Gasteiger partial charge < -0.3 is 4.74 Å². The minimum absolute atomic E-state index is 0.0199. The largest absolute Gasteiger partial charge is 0.350 e. The van der Waals surface area contributed by atoms with Gasteiger partial charge in [-0.2, -0.15) is 12.8 Å². The normalized spacial score (nSPS) is 16.7. The zero-order chi connectivity index (χ0) is 32.8. The topological polar surface area (TPSA) is 114 Å². The second-order valence-corrected chi connectivity index (χ2v) is 13.3. The highest BCUT2D eigenvalue weighted by molar-refractivity contribution is 7.95. The second kappa shape index (κ2) is 17.4. The molecule has 244 valence electrons. The number of carbonyl (C=O) groups excluding carboxylic acids is 2. The number of nitrogens with one attached hydrogen (secondary N) is 2. The average Bonchev–Trinajstić information content (AvgIpc) is 3.08. The summed E-state index contributed by atoms with van der Waals surface area (Å²) in [6, 6.07) is 27.0. The van der Waals surface area contributed by atoms with Crippen LogP contribution in [0.3, 0.4) is 0 Å². The van der Waals surface area contributed by atoms with Gasteiger partial charge in [-0.3, -0.25) is 15.0 Å². The van der Waals surface area contributed by atoms with Crippen molar-refractivity contribution < 1.29 is 27.6 Å². The summed E-state index contributed by atoms with van der Waals surface area (Å²) in [6.45, 7) is 4.45. The number of hydrogen-bond acceptors (Lipinski definition) is 6. The third-order valence-electron chi connectivity index (χ3n) is 7.50. The van der Waals surface area contributed by atoms with Crippen LogP contribution in [0.25, 0.3) is 12.2 Å². The first-order chi connectivity index (χ1) is 22.2. The van der Waals surface area contributed by atoms with Crippen LogP contribution in [0.1, 0.15) is 57.1 Å². The van der Waals surface area contributed by atoms with E-state index in [9.17, 15) is 18.0 Å². The number of anilines is 1. The van der Waals surface area contributed by atoms with Gasteiger partial charge in [0.1, 0.15) is 0 Å². The van der Waals surface area contributed by atoms with Gasteiger partial charge in [0.2, 0.25) is 11.8 Å². The Balaban J connectivity index is 1.63. The molecule has 2 N–H and O–H groups in total. The molecule has 1 aliphatic heterocycles. The van der Waals surface area contributed by atoms with Gasteiger partial charge in [0.05, 0.1) is 22.9 Å². The number of hydroxylamine groups is 1. The van der Waals surface area contributed by atoms with E-state index in [2.05, 4.69) is 10.9 Å². The number of nitrogens with zero attached hydrogens (tertiary/aromatic N) is 1. The number of allylic oxidation sites excluding steroid dienone is 1. The van der Waals surface area contributed by atoms with Gasteiger partial charge in [0.25, 0.3) is 10.0 Å². The van der Waals surface area contributed by atoms with Crippen molar-refractivity contribution in [1.29, 1.82) is 0 Å². The lowest BCUT2D eigenvalue weighted by Gasteiger charge is -2.30. The summed E-state index contributed by atoms with van der Waals surface area (Å²) < 4.78 is 33.9. The van der Waals surface area contributed by atoms with Crippen molar-refractivity contribution >= 4 is 39.7 Å². The predicted octanol–water partition coefficient (Wildman–Crippen LogP) is 6.48. The Morgan fingerprint density at radius 2 is 1.48 bits per heavy atom. The SMILES string of the molecule is CC(C)C[C@@H](C(=O)NN(c1ccccc1)S(=O)(=O)C=Cc1ccccc1)[C@H](CC=Cc1ccccc1)C(=O)NOC1CCCCO1. The van der Waals surface area contributed by atoms with Crippen molar-refractivity contribution in [3.63, 3.8) is 0 Å². The van der Waals surface area contributed by atoms with E-state index in [0.29, 0.717) is 25.0 Å². The van der Waals surface area contributed by atoms with Crippen LogP contribution >= 0.6 is 0 Å². The molecule has 2 amide bonds. The molecule has 0 spiro atoms. The maximum atomic E-state index is 14.2. The molecule has 1 unspecified atom stereocenters. The van der Waals surface area contributed by atoms with E-state index < -0.39 is 40.0 Å². The molecule has 9 nitrogen and oxygen atoms in total. The van der Waals surface area contributed by atoms with Crippen molar-refractivity contribution in [2.75, 3.05) is 11.0 Å². The molecule has 0 aliphatic carbocycles. The number of hydrazine groups is 1. The lowest BCUT2D eigenvalue weighted by Crippen LogP contribution is -2.51. The Morgan fingerprint density at radius 1 is 0.870 bits per heavy atom. The van der Waals surface area contributed by atoms with Gasteiger partial charge in [0, 0.05) is 13.0 Å². The molecular weight excluding hydrogens is 602 g/mol. The van der Waals surface area contributed by atoms with Crippen molar-refractivity contribution in [3.05, 3.63) is 114 Å². The molecule has 4 rings (SSSR count). The number of amides is 2. The summed E-state index contributed by atoms with van der Waals surface area (Å²) in [5.41, 5.74) is 7.08. The number of carbonyl (C=O) groups is 2. The quantitative estimate of drug-likeness (QED) is 0.183. The summed E-state index contributed by atoms with van der Waals surface area (Å²) in [7, 11) is -4.19. The van der Waals surface area contributed by atoms with E-state index in [1.54, 1.807) is 54.6 Å². The van der Waals surface area contributed by atoms with Crippen LogP contribution in [-0.2, 0) is 29.2 Å². The summed E-state index contributed by atoms with van der Waals surface area (Å²) >= 11 is 0. The molecule has 3 aromatic carbocycles. The Labute approximate surface area is 272 Å². The number of ether oxygens (including phenoxy) is 1. The smallest absolute Gasteiger partial charge is 0.275 e. The molecule has 0 aromatic heterocycles. The fraction of sp³-hybridized carbons (Fsp3) is 0.333. The zero-order valence-electron chi connectivity index (χ0n) is 26.3. The average molecular weight is 646 g/mol. The highest BCUT2D eigenvalue weighted by atomic mass is 32.2. The van der Waals surface area contributed by atoms with Crippen LogP contribution in [0.5, 0.6) is 0 Å². The molecule has 3 aromatic rings. The first-order valence-corrected chi connectivity index (χ1v) is 17.2. The summed E-state index contributed by atoms with van der Waals surface area (Å²) in [6.07, 6.45) is 7.69. The first kappa shape index (κ1) is 34.6. The van der Waals surface area contributed by atoms with E-state index in [0.717, 1.165) is 28.2 Å². The maximum absolute atomic E-state index is 14.2. The second-order valence-electron chi connectivity index (χ2n) is 11.6. The highest BCUT2D eigenvalue weighted by Gasteiger charge is 2.36. The number of benzene rings is 3. The lowest BCUT2D eigenvalue weighted by atomic mass is 9.82. The number of sulfonamides is 1. The van der Waals surface area contributed by atoms with E-state index in [1.807, 2.05) is 62.4 Å². The molecule has 1 aliphatic rings. The van der Waals surface area contributed by atoms with Crippen LogP contribution < -0.4 is 15.3 Å². The Morgan fingerprint density at radius 3 is 2.07 bits per heavy atom. The molecule has 3 atom stereocenters. The monoisotopic (exact) mass is 645 g/mol. The number of hydrogen-bond donors (Lipinski definition) is 2. The fourth-order valence-corrected chi connectivity index (χ4v) is 6.23. The summed E-state index contributed by atoms with van der Waals surface area (Å²) in [4.78, 5) is 33.5. The Bertz CT molecular complexity index is 1540. The standard InChI is InChI=1S/C36H43N3O6S/c1-28(2)27-33(32(22-14-19-29-15-6-3-7-16-29)36(41)38-45-34-23-12-13-25-44-34)35(40)37-39(31-20-10-5-11-21-31)46(42,43)26-24-30-17-8-4-9-18-30/h3-11,14-21,24,26,28,32-34H,12-13,22-23,25,27H2,1-2H3,(H,37,40)(H,38,41)/t32-,33+,34?/m0/s1. The van der Waals surface area contributed by atoms with E-state index in [4.69, 9.17) is 9.57 Å². The Hall–Kier alpha value is -4.25. The van der Waals surface area contributed by atoms with Gasteiger partial charge in [-0.1, -0.05) is 105 Å². The molecule has 1 fully saturated rings. The van der Waals surface area contributed by atoms with E-state index in [1.165, 1.54) is 6.08 Å². The van der Waals surface area contributed by atoms with Gasteiger partial charge in [-0.25, -0.2) is 10.3 Å². The third-order valence-corrected chi connectivity index (χ3v) is 8.79. The van der Waals surface area contributed by atoms with Crippen molar-refractivity contribution in [1.82, 2.24) is 10.9 Å². The number of rotatable bonds is 15. The van der Waals surface area contributed by atoms with Crippen LogP contribution in [0.4, 0.5) is 5.69 Å². The van der Waals surface area contributed by atoms with E-state index >= 15 is 0 Å². The molecule has 1 saturated heterocycles. The highest BCUT2D eigenvalue weighted by Crippen LogP contribution is 2.27. The first-order valence-electron chi connectivity index (χ1n) is 15.7. The van der Waals surface area contributed by atoms with E-state index in [-0.39, 0.29) is 18.0 Å². The molecule has 10 heteroatoms. The summed E-state index contributed by atoms with van der Waals surface area (Å²) in [5, 5.41) is 1.05. The van der Waals surface area contributed by atoms with Gasteiger partial charge in [0.15, 0.2) is 6.29 Å². The minimum Gasteiger partial charge on any atom is -0.350 e. The van der Waals surface area contributed by atoms with Crippen LogP contribution in [0, 0.1) is 17.8 Å². The maximum Gasteiger partial charge on any atom is 0.275 e. The van der Waals surface area contributed by atoms with Crippen molar-refractivity contribution in [2.24, 2.45) is 17.8 Å². The molecule has 0 radical (unpaired) electrons. The van der Waals surface area contributed by atoms with Crippen molar-refractivity contribution in [2.45, 2.75) is 52.2 Å². The van der Waals surface area contributed by atoms with Crippen LogP contribution in [0.2, 0.25) is 0 Å². The van der Waals surface area contributed by atoms with Crippen LogP contribution in [0.15, 0.2) is 102 Å². The zero-order valence-corrected chi connectivity index (χ0v) is 27.1. The molecule has 1 heterocycles. The van der Waals surface area contributed by atoms with Gasteiger partial charge in [-0.05, 0) is 60.9 Å². The lowest BCUT2D eigenvalue weighted by molar-refractivity contribution is -0.203. The van der Waals surface area contributed by atoms with Gasteiger partial charge >= 0.3 is 0 Å². The van der Waals surface area contributed by atoms with Gasteiger partial charge in [-0.15, -0.1) is 0 Å². The number of para-hydroxylation sites is 1. The van der Waals surface area contributed by atoms with Crippen molar-refractivity contribution in [3.8, 4) is 0 Å². The third kappa shape index (κ3) is 10.7. The molecule has 46 heavy (non-hydrogen) atoms. The Kier molecular flexibility index (Phi) is 13.1. The molecule has 0 bridgehead atoms. The fourth-order valence-electron chi connectivity index (χ4n) is 5.15. The molecule has 0 saturated carbocycles. The molecular formula is C36H43N3O6S. The minimum atomic E-state index is -4.19. The summed E-state index contributed by atoms with van der Waals surface area (Å²) in [5.74, 6) is -2.82.